The van der Waals surface area contributed by atoms with E-state index in [-0.39, 0.29) is 5.69 Å². The van der Waals surface area contributed by atoms with Crippen molar-refractivity contribution in [1.82, 2.24) is 15.1 Å². The summed E-state index contributed by atoms with van der Waals surface area (Å²) in [6.07, 6.45) is 5.06. The average Bonchev–Trinajstić information content (AvgIpc) is 3.33. The van der Waals surface area contributed by atoms with Crippen LogP contribution in [-0.4, -0.2) is 29.0 Å². The van der Waals surface area contributed by atoms with Gasteiger partial charge in [0, 0.05) is 37.0 Å². The molecule has 1 aliphatic carbocycles. The molecule has 2 aromatic rings. The molecule has 0 saturated heterocycles. The maximum Gasteiger partial charge on any atom is 0.319 e. The van der Waals surface area contributed by atoms with Gasteiger partial charge in [0.2, 0.25) is 0 Å². The zero-order chi connectivity index (χ0) is 17.6. The Morgan fingerprint density at radius 2 is 2.24 bits per heavy atom. The Hall–Kier alpha value is -2.57. The number of halogens is 1. The summed E-state index contributed by atoms with van der Waals surface area (Å²) in [7, 11) is 0. The van der Waals surface area contributed by atoms with Crippen LogP contribution in [0.25, 0.3) is 0 Å². The minimum atomic E-state index is -0.522. The van der Waals surface area contributed by atoms with E-state index in [0.29, 0.717) is 24.8 Å². The highest BCUT2D eigenvalue weighted by Gasteiger charge is 2.26. The Balaban J connectivity index is 1.41. The Labute approximate surface area is 146 Å². The molecule has 2 N–H and O–H groups in total. The Kier molecular flexibility index (Phi) is 5.53. The standard InChI is InChI=1S/C18H23FN4O2/c1-2-25-14-6-7-16(15(19)12-14)22-18(24)20-9-3-11-23-17(8-10-21-23)13-4-5-13/h6-8,10,12-13H,2-5,9,11H2,1H3,(H2,20,22,24). The second kappa shape index (κ2) is 8.00. The van der Waals surface area contributed by atoms with Crippen molar-refractivity contribution >= 4 is 11.7 Å². The van der Waals surface area contributed by atoms with Crippen LogP contribution < -0.4 is 15.4 Å². The average molecular weight is 346 g/mol. The summed E-state index contributed by atoms with van der Waals surface area (Å²) in [5.74, 6) is 0.574. The zero-order valence-electron chi connectivity index (χ0n) is 14.3. The van der Waals surface area contributed by atoms with Crippen molar-refractivity contribution in [3.8, 4) is 5.75 Å². The van der Waals surface area contributed by atoms with Gasteiger partial charge >= 0.3 is 6.03 Å². The fourth-order valence-electron chi connectivity index (χ4n) is 2.71. The van der Waals surface area contributed by atoms with Gasteiger partial charge in [-0.3, -0.25) is 4.68 Å². The highest BCUT2D eigenvalue weighted by atomic mass is 19.1. The van der Waals surface area contributed by atoms with Gasteiger partial charge in [0.05, 0.1) is 12.3 Å². The molecule has 1 heterocycles. The summed E-state index contributed by atoms with van der Waals surface area (Å²) < 4.78 is 21.1. The second-order valence-electron chi connectivity index (χ2n) is 6.06. The number of aromatic nitrogens is 2. The van der Waals surface area contributed by atoms with Gasteiger partial charge in [-0.15, -0.1) is 0 Å². The summed E-state index contributed by atoms with van der Waals surface area (Å²) in [5.41, 5.74) is 1.41. The molecule has 1 aromatic carbocycles. The molecule has 2 amide bonds. The number of amides is 2. The molecule has 3 rings (SSSR count). The number of aryl methyl sites for hydroxylation is 1. The molecule has 25 heavy (non-hydrogen) atoms. The zero-order valence-corrected chi connectivity index (χ0v) is 14.3. The molecule has 6 nitrogen and oxygen atoms in total. The SMILES string of the molecule is CCOc1ccc(NC(=O)NCCCn2nccc2C2CC2)c(F)c1. The summed E-state index contributed by atoms with van der Waals surface area (Å²) in [6.45, 7) is 3.55. The molecular formula is C18H23FN4O2. The molecular weight excluding hydrogens is 323 g/mol. The molecule has 1 fully saturated rings. The van der Waals surface area contributed by atoms with E-state index in [4.69, 9.17) is 4.74 Å². The number of nitrogens with zero attached hydrogens (tertiary/aromatic N) is 2. The fraction of sp³-hybridized carbons (Fsp3) is 0.444. The molecule has 0 radical (unpaired) electrons. The van der Waals surface area contributed by atoms with Crippen LogP contribution in [0.15, 0.2) is 30.5 Å². The maximum absolute atomic E-state index is 13.9. The summed E-state index contributed by atoms with van der Waals surface area (Å²) in [5, 5.41) is 9.57. The van der Waals surface area contributed by atoms with Gasteiger partial charge in [-0.2, -0.15) is 5.10 Å². The predicted molar refractivity (Wildman–Crippen MR) is 93.4 cm³/mol. The van der Waals surface area contributed by atoms with Gasteiger partial charge in [0.15, 0.2) is 0 Å². The van der Waals surface area contributed by atoms with Crippen molar-refractivity contribution in [2.24, 2.45) is 0 Å². The van der Waals surface area contributed by atoms with Crippen LogP contribution in [0.1, 0.15) is 37.8 Å². The van der Waals surface area contributed by atoms with Crippen molar-refractivity contribution in [1.29, 1.82) is 0 Å². The van der Waals surface area contributed by atoms with Gasteiger partial charge in [-0.05, 0) is 44.4 Å². The van der Waals surface area contributed by atoms with Gasteiger partial charge in [0.1, 0.15) is 11.6 Å². The topological polar surface area (TPSA) is 68.2 Å². The first-order chi connectivity index (χ1) is 12.2. The van der Waals surface area contributed by atoms with Gasteiger partial charge < -0.3 is 15.4 Å². The molecule has 1 aliphatic rings. The third-order valence-corrected chi connectivity index (χ3v) is 4.08. The highest BCUT2D eigenvalue weighted by molar-refractivity contribution is 5.89. The van der Waals surface area contributed by atoms with Gasteiger partial charge in [-0.1, -0.05) is 0 Å². The van der Waals surface area contributed by atoms with E-state index < -0.39 is 11.8 Å². The van der Waals surface area contributed by atoms with Crippen LogP contribution in [0.2, 0.25) is 0 Å². The van der Waals surface area contributed by atoms with Crippen LogP contribution in [0.5, 0.6) is 5.75 Å². The number of benzene rings is 1. The van der Waals surface area contributed by atoms with Crippen molar-refractivity contribution < 1.29 is 13.9 Å². The molecule has 0 unspecified atom stereocenters. The van der Waals surface area contributed by atoms with Crippen molar-refractivity contribution in [3.63, 3.8) is 0 Å². The first-order valence-corrected chi connectivity index (χ1v) is 8.66. The van der Waals surface area contributed by atoms with Crippen LogP contribution in [0, 0.1) is 5.82 Å². The lowest BCUT2D eigenvalue weighted by atomic mass is 10.3. The molecule has 0 atom stereocenters. The van der Waals surface area contributed by atoms with Crippen LogP contribution in [0.3, 0.4) is 0 Å². The van der Waals surface area contributed by atoms with E-state index in [0.717, 1.165) is 13.0 Å². The molecule has 134 valence electrons. The number of nitrogens with one attached hydrogen (secondary N) is 2. The lowest BCUT2D eigenvalue weighted by Gasteiger charge is -2.10. The highest BCUT2D eigenvalue weighted by Crippen LogP contribution is 2.39. The van der Waals surface area contributed by atoms with Crippen LogP contribution >= 0.6 is 0 Å². The lowest BCUT2D eigenvalue weighted by Crippen LogP contribution is -2.30. The molecule has 1 saturated carbocycles. The Bertz CT molecular complexity index is 728. The summed E-state index contributed by atoms with van der Waals surface area (Å²) in [4.78, 5) is 11.9. The number of anilines is 1. The number of hydrogen-bond donors (Lipinski definition) is 2. The largest absolute Gasteiger partial charge is 0.494 e. The number of rotatable bonds is 8. The lowest BCUT2D eigenvalue weighted by molar-refractivity contribution is 0.251. The van der Waals surface area contributed by atoms with E-state index in [1.807, 2.05) is 17.8 Å². The normalized spacial score (nSPS) is 13.5. The Morgan fingerprint density at radius 1 is 1.40 bits per heavy atom. The first kappa shape index (κ1) is 17.3. The maximum atomic E-state index is 13.9. The molecule has 7 heteroatoms. The number of carbonyl (C=O) groups excluding carboxylic acids is 1. The fourth-order valence-corrected chi connectivity index (χ4v) is 2.71. The van der Waals surface area contributed by atoms with E-state index >= 15 is 0 Å². The van der Waals surface area contributed by atoms with Crippen LogP contribution in [-0.2, 0) is 6.54 Å². The number of hydrogen-bond acceptors (Lipinski definition) is 3. The van der Waals surface area contributed by atoms with Gasteiger partial charge in [-0.25, -0.2) is 9.18 Å². The second-order valence-corrected chi connectivity index (χ2v) is 6.06. The minimum absolute atomic E-state index is 0.129. The monoisotopic (exact) mass is 346 g/mol. The van der Waals surface area contributed by atoms with Crippen molar-refractivity contribution in [2.45, 2.75) is 38.6 Å². The Morgan fingerprint density at radius 3 is 2.96 bits per heavy atom. The number of carbonyl (C=O) groups is 1. The quantitative estimate of drug-likeness (QED) is 0.719. The van der Waals surface area contributed by atoms with E-state index in [9.17, 15) is 9.18 Å². The summed E-state index contributed by atoms with van der Waals surface area (Å²) in [6, 6.07) is 6.01. The van der Waals surface area contributed by atoms with E-state index in [2.05, 4.69) is 21.8 Å². The minimum Gasteiger partial charge on any atom is -0.494 e. The van der Waals surface area contributed by atoms with Crippen molar-refractivity contribution in [2.75, 3.05) is 18.5 Å². The van der Waals surface area contributed by atoms with E-state index in [1.165, 1.54) is 30.7 Å². The summed E-state index contributed by atoms with van der Waals surface area (Å²) >= 11 is 0. The number of ether oxygens (including phenoxy) is 1. The molecule has 0 bridgehead atoms. The van der Waals surface area contributed by atoms with Crippen LogP contribution in [0.4, 0.5) is 14.9 Å². The molecule has 1 aromatic heterocycles. The third-order valence-electron chi connectivity index (χ3n) is 4.08. The molecule has 0 aliphatic heterocycles. The van der Waals surface area contributed by atoms with Gasteiger partial charge in [0.25, 0.3) is 0 Å². The molecule has 0 spiro atoms. The van der Waals surface area contributed by atoms with Crippen molar-refractivity contribution in [3.05, 3.63) is 42.0 Å². The third kappa shape index (κ3) is 4.71. The smallest absolute Gasteiger partial charge is 0.319 e. The number of urea groups is 1. The van der Waals surface area contributed by atoms with E-state index in [1.54, 1.807) is 6.07 Å². The first-order valence-electron chi connectivity index (χ1n) is 8.66. The predicted octanol–water partition coefficient (Wildman–Crippen LogP) is 3.51.